The Kier molecular flexibility index (Phi) is 43.8. The fraction of sp³-hybridized carbons (Fsp3) is 0.957. The average Bonchev–Trinajstić information content (AvgIpc) is 3.20. The lowest BCUT2D eigenvalue weighted by molar-refractivity contribution is -0.161. The highest BCUT2D eigenvalue weighted by Crippen LogP contribution is 2.43. The summed E-state index contributed by atoms with van der Waals surface area (Å²) in [4.78, 5) is 34.8. The minimum absolute atomic E-state index is 0.0580. The summed E-state index contributed by atoms with van der Waals surface area (Å²) in [5, 5.41) is 0. The van der Waals surface area contributed by atoms with Gasteiger partial charge >= 0.3 is 19.8 Å². The van der Waals surface area contributed by atoms with Crippen LogP contribution in [0.2, 0.25) is 0 Å². The standard InChI is InChI=1S/C47H94NO8P/c1-3-5-7-9-11-13-14-15-16-17-18-19-20-21-22-23-24-25-26-27-28-29-30-32-34-36-38-40-47(50)56-45(44-55-57(51,52)54-42-41-48)43-53-46(49)39-37-35-33-31-12-10-8-6-4-2/h45H,3-44,48H2,1-2H3,(H,51,52). The molecular weight excluding hydrogens is 737 g/mol. The topological polar surface area (TPSA) is 134 Å². The predicted molar refractivity (Wildman–Crippen MR) is 238 cm³/mol. The van der Waals surface area contributed by atoms with E-state index in [9.17, 15) is 19.0 Å². The summed E-state index contributed by atoms with van der Waals surface area (Å²) in [5.41, 5.74) is 5.35. The molecule has 0 aliphatic carbocycles. The highest BCUT2D eigenvalue weighted by atomic mass is 31.2. The van der Waals surface area contributed by atoms with Crippen LogP contribution in [0.15, 0.2) is 0 Å². The number of carbonyl (C=O) groups is 2. The van der Waals surface area contributed by atoms with Crippen LogP contribution in [0, 0.1) is 0 Å². The highest BCUT2D eigenvalue weighted by molar-refractivity contribution is 7.47. The molecule has 0 aromatic carbocycles. The van der Waals surface area contributed by atoms with Gasteiger partial charge in [-0.15, -0.1) is 0 Å². The Hall–Kier alpha value is -0.990. The molecule has 0 aromatic heterocycles. The summed E-state index contributed by atoms with van der Waals surface area (Å²) < 4.78 is 32.8. The summed E-state index contributed by atoms with van der Waals surface area (Å²) in [7, 11) is -4.37. The Labute approximate surface area is 352 Å². The average molecular weight is 832 g/mol. The summed E-state index contributed by atoms with van der Waals surface area (Å²) in [6.07, 6.45) is 46.0. The number of carbonyl (C=O) groups excluding carboxylic acids is 2. The third-order valence-electron chi connectivity index (χ3n) is 11.0. The van der Waals surface area contributed by atoms with Crippen molar-refractivity contribution in [2.45, 2.75) is 264 Å². The quantitative estimate of drug-likeness (QED) is 0.0349. The van der Waals surface area contributed by atoms with Gasteiger partial charge in [-0.2, -0.15) is 0 Å². The van der Waals surface area contributed by atoms with Crippen LogP contribution < -0.4 is 5.73 Å². The SMILES string of the molecule is CCCCCCCCCCCCCCCCCCCCCCCCCCCCCC(=O)OC(COC(=O)CCCCCCCCCCC)COP(=O)(O)OCCN. The lowest BCUT2D eigenvalue weighted by Crippen LogP contribution is -2.29. The summed E-state index contributed by atoms with van der Waals surface area (Å²) in [6.45, 7) is 3.76. The molecule has 0 bridgehead atoms. The van der Waals surface area contributed by atoms with Crippen molar-refractivity contribution in [3.05, 3.63) is 0 Å². The maximum Gasteiger partial charge on any atom is 0.472 e. The molecule has 2 atom stereocenters. The number of unbranched alkanes of at least 4 members (excludes halogenated alkanes) is 34. The van der Waals surface area contributed by atoms with Gasteiger partial charge < -0.3 is 20.1 Å². The third-order valence-corrected chi connectivity index (χ3v) is 12.0. The molecule has 0 aromatic rings. The van der Waals surface area contributed by atoms with E-state index in [4.69, 9.17) is 24.3 Å². The predicted octanol–water partition coefficient (Wildman–Crippen LogP) is 14.4. The van der Waals surface area contributed by atoms with Crippen molar-refractivity contribution in [2.75, 3.05) is 26.4 Å². The first-order valence-corrected chi connectivity index (χ1v) is 26.0. The molecular formula is C47H94NO8P. The van der Waals surface area contributed by atoms with E-state index >= 15 is 0 Å². The van der Waals surface area contributed by atoms with Gasteiger partial charge in [0.2, 0.25) is 0 Å². The molecule has 0 radical (unpaired) electrons. The minimum atomic E-state index is -4.37. The zero-order chi connectivity index (χ0) is 41.8. The first kappa shape index (κ1) is 56.0. The Bertz CT molecular complexity index is 907. The first-order valence-electron chi connectivity index (χ1n) is 24.5. The van der Waals surface area contributed by atoms with Crippen molar-refractivity contribution in [3.63, 3.8) is 0 Å². The zero-order valence-corrected chi connectivity index (χ0v) is 38.5. The number of phosphoric ester groups is 1. The smallest absolute Gasteiger partial charge is 0.462 e. The van der Waals surface area contributed by atoms with Gasteiger partial charge in [0.05, 0.1) is 13.2 Å². The van der Waals surface area contributed by atoms with E-state index in [0.717, 1.165) is 32.1 Å². The third kappa shape index (κ3) is 44.4. The van der Waals surface area contributed by atoms with Crippen molar-refractivity contribution < 1.29 is 37.6 Å². The summed E-state index contributed by atoms with van der Waals surface area (Å²) >= 11 is 0. The van der Waals surface area contributed by atoms with Gasteiger partial charge in [-0.1, -0.05) is 232 Å². The second-order valence-corrected chi connectivity index (χ2v) is 18.2. The van der Waals surface area contributed by atoms with E-state index in [1.165, 1.54) is 193 Å². The van der Waals surface area contributed by atoms with Crippen LogP contribution in [0.25, 0.3) is 0 Å². The summed E-state index contributed by atoms with van der Waals surface area (Å²) in [6, 6.07) is 0. The Morgan fingerprint density at radius 2 is 0.754 bits per heavy atom. The Morgan fingerprint density at radius 1 is 0.456 bits per heavy atom. The molecule has 0 aliphatic rings. The molecule has 3 N–H and O–H groups in total. The molecule has 340 valence electrons. The molecule has 0 fully saturated rings. The minimum Gasteiger partial charge on any atom is -0.462 e. The number of phosphoric acid groups is 1. The number of nitrogens with two attached hydrogens (primary N) is 1. The lowest BCUT2D eigenvalue weighted by Gasteiger charge is -2.19. The van der Waals surface area contributed by atoms with Crippen molar-refractivity contribution >= 4 is 19.8 Å². The van der Waals surface area contributed by atoms with E-state index in [2.05, 4.69) is 13.8 Å². The van der Waals surface area contributed by atoms with Crippen molar-refractivity contribution in [1.29, 1.82) is 0 Å². The van der Waals surface area contributed by atoms with Gasteiger partial charge in [-0.25, -0.2) is 4.57 Å². The Balaban J connectivity index is 3.85. The van der Waals surface area contributed by atoms with Crippen LogP contribution >= 0.6 is 7.82 Å². The lowest BCUT2D eigenvalue weighted by atomic mass is 10.0. The van der Waals surface area contributed by atoms with Crippen LogP contribution in [-0.2, 0) is 32.7 Å². The van der Waals surface area contributed by atoms with Crippen LogP contribution in [0.1, 0.15) is 258 Å². The molecule has 0 heterocycles. The molecule has 0 saturated heterocycles. The van der Waals surface area contributed by atoms with Crippen molar-refractivity contribution in [1.82, 2.24) is 0 Å². The molecule has 0 spiro atoms. The van der Waals surface area contributed by atoms with Crippen molar-refractivity contribution in [2.24, 2.45) is 5.73 Å². The largest absolute Gasteiger partial charge is 0.472 e. The second-order valence-electron chi connectivity index (χ2n) is 16.7. The fourth-order valence-electron chi connectivity index (χ4n) is 7.34. The van der Waals surface area contributed by atoms with E-state index in [0.29, 0.717) is 6.42 Å². The normalized spacial score (nSPS) is 13.1. The van der Waals surface area contributed by atoms with Gasteiger partial charge in [0, 0.05) is 19.4 Å². The van der Waals surface area contributed by atoms with Gasteiger partial charge in [0.25, 0.3) is 0 Å². The van der Waals surface area contributed by atoms with E-state index in [1.807, 2.05) is 0 Å². The highest BCUT2D eigenvalue weighted by Gasteiger charge is 2.26. The molecule has 10 heteroatoms. The number of rotatable bonds is 47. The number of hydrogen-bond donors (Lipinski definition) is 2. The second kappa shape index (κ2) is 44.6. The zero-order valence-electron chi connectivity index (χ0n) is 37.6. The molecule has 0 rings (SSSR count). The van der Waals surface area contributed by atoms with Crippen LogP contribution in [0.5, 0.6) is 0 Å². The summed E-state index contributed by atoms with van der Waals surface area (Å²) in [5.74, 6) is -0.815. The van der Waals surface area contributed by atoms with Gasteiger partial charge in [0.1, 0.15) is 6.61 Å². The van der Waals surface area contributed by atoms with Crippen molar-refractivity contribution in [3.8, 4) is 0 Å². The van der Waals surface area contributed by atoms with E-state index < -0.39 is 26.5 Å². The maximum atomic E-state index is 12.6. The fourth-order valence-corrected chi connectivity index (χ4v) is 8.11. The number of esters is 2. The Morgan fingerprint density at radius 3 is 1.07 bits per heavy atom. The van der Waals surface area contributed by atoms with Gasteiger partial charge in [-0.05, 0) is 12.8 Å². The van der Waals surface area contributed by atoms with Crippen LogP contribution in [-0.4, -0.2) is 49.3 Å². The molecule has 0 saturated carbocycles. The van der Waals surface area contributed by atoms with Gasteiger partial charge in [-0.3, -0.25) is 18.6 Å². The number of ether oxygens (including phenoxy) is 2. The van der Waals surface area contributed by atoms with Crippen LogP contribution in [0.3, 0.4) is 0 Å². The monoisotopic (exact) mass is 832 g/mol. The molecule has 0 aliphatic heterocycles. The van der Waals surface area contributed by atoms with Crippen LogP contribution in [0.4, 0.5) is 0 Å². The maximum absolute atomic E-state index is 12.6. The van der Waals surface area contributed by atoms with Gasteiger partial charge in [0.15, 0.2) is 6.10 Å². The molecule has 2 unspecified atom stereocenters. The number of hydrogen-bond acceptors (Lipinski definition) is 8. The van der Waals surface area contributed by atoms with E-state index in [-0.39, 0.29) is 38.6 Å². The molecule has 9 nitrogen and oxygen atoms in total. The molecule has 0 amide bonds. The molecule has 57 heavy (non-hydrogen) atoms. The first-order chi connectivity index (χ1) is 27.8. The van der Waals surface area contributed by atoms with E-state index in [1.54, 1.807) is 0 Å².